The van der Waals surface area contributed by atoms with Gasteiger partial charge in [0.1, 0.15) is 5.78 Å². The molecule has 1 aromatic carbocycles. The van der Waals surface area contributed by atoms with E-state index >= 15 is 0 Å². The van der Waals surface area contributed by atoms with Gasteiger partial charge in [-0.25, -0.2) is 4.21 Å². The fourth-order valence-electron chi connectivity index (χ4n) is 1.12. The molecule has 1 atom stereocenters. The SMILES string of the molecule is CC(=O)Cc1cc(Cl)ccc1S(=O)O. The minimum Gasteiger partial charge on any atom is -0.302 e. The summed E-state index contributed by atoms with van der Waals surface area (Å²) in [6, 6.07) is 4.51. The molecule has 1 aromatic rings. The highest BCUT2D eigenvalue weighted by Gasteiger charge is 2.09. The Morgan fingerprint density at radius 3 is 2.71 bits per heavy atom. The molecule has 1 N–H and O–H groups in total. The Hall–Kier alpha value is -0.710. The van der Waals surface area contributed by atoms with Crippen molar-refractivity contribution in [2.75, 3.05) is 0 Å². The Morgan fingerprint density at radius 2 is 2.21 bits per heavy atom. The molecule has 3 nitrogen and oxygen atoms in total. The molecular weight excluding hydrogens is 224 g/mol. The first-order valence-corrected chi connectivity index (χ1v) is 5.38. The Labute approximate surface area is 89.4 Å². The third-order valence-corrected chi connectivity index (χ3v) is 2.66. The molecule has 0 saturated heterocycles. The molecule has 14 heavy (non-hydrogen) atoms. The summed E-state index contributed by atoms with van der Waals surface area (Å²) in [5, 5.41) is 0.454. The quantitative estimate of drug-likeness (QED) is 0.812. The summed E-state index contributed by atoms with van der Waals surface area (Å²) in [5.74, 6) is -0.0704. The number of rotatable bonds is 3. The Balaban J connectivity index is 3.15. The van der Waals surface area contributed by atoms with Crippen LogP contribution in [-0.2, 0) is 22.3 Å². The normalized spacial score (nSPS) is 12.5. The van der Waals surface area contributed by atoms with Crippen molar-refractivity contribution in [2.45, 2.75) is 18.2 Å². The highest BCUT2D eigenvalue weighted by atomic mass is 35.5. The zero-order valence-corrected chi connectivity index (χ0v) is 9.06. The van der Waals surface area contributed by atoms with Crippen molar-refractivity contribution in [3.8, 4) is 0 Å². The molecule has 1 unspecified atom stereocenters. The van der Waals surface area contributed by atoms with Crippen molar-refractivity contribution in [3.05, 3.63) is 28.8 Å². The zero-order valence-electron chi connectivity index (χ0n) is 7.49. The van der Waals surface area contributed by atoms with Gasteiger partial charge in [-0.3, -0.25) is 4.79 Å². The summed E-state index contributed by atoms with van der Waals surface area (Å²) in [6.45, 7) is 1.42. The number of benzene rings is 1. The topological polar surface area (TPSA) is 54.4 Å². The molecule has 5 heteroatoms. The van der Waals surface area contributed by atoms with Gasteiger partial charge in [-0.2, -0.15) is 0 Å². The number of carbonyl (C=O) groups is 1. The number of ketones is 1. The molecule has 0 amide bonds. The summed E-state index contributed by atoms with van der Waals surface area (Å²) in [6.07, 6.45) is 0.127. The summed E-state index contributed by atoms with van der Waals surface area (Å²) in [4.78, 5) is 11.1. The number of halogens is 1. The first kappa shape index (κ1) is 11.4. The van der Waals surface area contributed by atoms with Crippen molar-refractivity contribution < 1.29 is 13.6 Å². The van der Waals surface area contributed by atoms with Gasteiger partial charge >= 0.3 is 0 Å². The summed E-state index contributed by atoms with van der Waals surface area (Å²) in [7, 11) is 0. The fraction of sp³-hybridized carbons (Fsp3) is 0.222. The molecule has 0 radical (unpaired) electrons. The highest BCUT2D eigenvalue weighted by Crippen LogP contribution is 2.19. The summed E-state index contributed by atoms with van der Waals surface area (Å²) in [5.41, 5.74) is 0.505. The van der Waals surface area contributed by atoms with Crippen LogP contribution >= 0.6 is 11.6 Å². The van der Waals surface area contributed by atoms with E-state index in [9.17, 15) is 9.00 Å². The van der Waals surface area contributed by atoms with Crippen LogP contribution in [0.5, 0.6) is 0 Å². The molecule has 0 bridgehead atoms. The van der Waals surface area contributed by atoms with Gasteiger partial charge in [-0.1, -0.05) is 11.6 Å². The summed E-state index contributed by atoms with van der Waals surface area (Å²) < 4.78 is 19.8. The van der Waals surface area contributed by atoms with Gasteiger partial charge < -0.3 is 4.55 Å². The average Bonchev–Trinajstić information content (AvgIpc) is 2.01. The molecular formula is C9H9ClO3S. The van der Waals surface area contributed by atoms with Crippen LogP contribution in [0.3, 0.4) is 0 Å². The average molecular weight is 233 g/mol. The molecule has 0 aliphatic carbocycles. The maximum absolute atomic E-state index is 10.9. The van der Waals surface area contributed by atoms with Crippen LogP contribution in [0, 0.1) is 0 Å². The lowest BCUT2D eigenvalue weighted by molar-refractivity contribution is -0.116. The molecule has 1 rings (SSSR count). The Morgan fingerprint density at radius 1 is 1.57 bits per heavy atom. The van der Waals surface area contributed by atoms with E-state index in [-0.39, 0.29) is 17.1 Å². The molecule has 0 fully saturated rings. The molecule has 0 aliphatic rings. The van der Waals surface area contributed by atoms with Gasteiger partial charge in [0, 0.05) is 11.4 Å². The van der Waals surface area contributed by atoms with Gasteiger partial charge in [0.25, 0.3) is 0 Å². The second kappa shape index (κ2) is 4.68. The van der Waals surface area contributed by atoms with E-state index in [4.69, 9.17) is 16.2 Å². The van der Waals surface area contributed by atoms with E-state index in [1.807, 2.05) is 0 Å². The third-order valence-electron chi connectivity index (χ3n) is 1.65. The van der Waals surface area contributed by atoms with Crippen LogP contribution in [-0.4, -0.2) is 14.5 Å². The van der Waals surface area contributed by atoms with Crippen molar-refractivity contribution in [1.29, 1.82) is 0 Å². The lowest BCUT2D eigenvalue weighted by Gasteiger charge is -2.04. The zero-order chi connectivity index (χ0) is 10.7. The van der Waals surface area contributed by atoms with E-state index in [1.54, 1.807) is 0 Å². The van der Waals surface area contributed by atoms with E-state index in [2.05, 4.69) is 0 Å². The van der Waals surface area contributed by atoms with Gasteiger partial charge in [0.2, 0.25) is 0 Å². The molecule has 76 valence electrons. The lowest BCUT2D eigenvalue weighted by atomic mass is 10.1. The van der Waals surface area contributed by atoms with Crippen molar-refractivity contribution in [3.63, 3.8) is 0 Å². The Bertz CT molecular complexity index is 390. The standard InChI is InChI=1S/C9H9ClO3S/c1-6(11)4-7-5-8(10)2-3-9(7)14(12)13/h2-3,5H,4H2,1H3,(H,12,13). The maximum Gasteiger partial charge on any atom is 0.186 e. The van der Waals surface area contributed by atoms with E-state index in [0.29, 0.717) is 10.6 Å². The monoisotopic (exact) mass is 232 g/mol. The van der Waals surface area contributed by atoms with E-state index in [0.717, 1.165) is 0 Å². The predicted octanol–water partition coefficient (Wildman–Crippen LogP) is 2.05. The van der Waals surface area contributed by atoms with Gasteiger partial charge in [-0.05, 0) is 30.7 Å². The van der Waals surface area contributed by atoms with Crippen molar-refractivity contribution in [1.82, 2.24) is 0 Å². The van der Waals surface area contributed by atoms with Gasteiger partial charge in [0.05, 0.1) is 4.90 Å². The van der Waals surface area contributed by atoms with Crippen LogP contribution in [0.25, 0.3) is 0 Å². The lowest BCUT2D eigenvalue weighted by Crippen LogP contribution is -2.02. The maximum atomic E-state index is 10.9. The number of hydrogen-bond donors (Lipinski definition) is 1. The third kappa shape index (κ3) is 2.90. The highest BCUT2D eigenvalue weighted by molar-refractivity contribution is 7.79. The first-order valence-electron chi connectivity index (χ1n) is 3.89. The second-order valence-electron chi connectivity index (χ2n) is 2.88. The molecule has 0 saturated carbocycles. The number of carbonyl (C=O) groups excluding carboxylic acids is 1. The minimum atomic E-state index is -2.08. The smallest absolute Gasteiger partial charge is 0.186 e. The predicted molar refractivity (Wildman–Crippen MR) is 54.9 cm³/mol. The first-order chi connectivity index (χ1) is 6.50. The number of hydrogen-bond acceptors (Lipinski definition) is 2. The van der Waals surface area contributed by atoms with Crippen LogP contribution in [0.4, 0.5) is 0 Å². The summed E-state index contributed by atoms with van der Waals surface area (Å²) >= 11 is 3.64. The molecule has 0 aliphatic heterocycles. The molecule has 0 heterocycles. The van der Waals surface area contributed by atoms with Gasteiger partial charge in [-0.15, -0.1) is 0 Å². The number of Topliss-reactive ketones (excluding diaryl/α,β-unsaturated/α-hetero) is 1. The van der Waals surface area contributed by atoms with Crippen LogP contribution in [0.15, 0.2) is 23.1 Å². The van der Waals surface area contributed by atoms with Crippen molar-refractivity contribution in [2.24, 2.45) is 0 Å². The van der Waals surface area contributed by atoms with Crippen LogP contribution in [0.1, 0.15) is 12.5 Å². The van der Waals surface area contributed by atoms with Crippen LogP contribution in [0.2, 0.25) is 5.02 Å². The minimum absolute atomic E-state index is 0.0704. The second-order valence-corrected chi connectivity index (χ2v) is 4.25. The van der Waals surface area contributed by atoms with Crippen LogP contribution < -0.4 is 0 Å². The molecule has 0 spiro atoms. The van der Waals surface area contributed by atoms with E-state index in [1.165, 1.54) is 25.1 Å². The fourth-order valence-corrected chi connectivity index (χ4v) is 1.86. The van der Waals surface area contributed by atoms with Gasteiger partial charge in [0.15, 0.2) is 11.1 Å². The molecule has 0 aromatic heterocycles. The largest absolute Gasteiger partial charge is 0.302 e. The van der Waals surface area contributed by atoms with E-state index < -0.39 is 11.1 Å². The Kier molecular flexibility index (Phi) is 3.80. The van der Waals surface area contributed by atoms with Crippen molar-refractivity contribution >= 4 is 28.5 Å².